The number of carbonyl (C=O) groups is 1. The standard InChI is InChI=1S/C20H16O3/c21-20(22)18-8-4-7-17(13-18)16-9-11-19(12-10-16)23-14-15-5-2-1-3-6-15/h1-13H,14H2,(H,21,22). The molecule has 0 saturated carbocycles. The van der Waals surface area contributed by atoms with Crippen LogP contribution in [0.4, 0.5) is 0 Å². The molecular weight excluding hydrogens is 288 g/mol. The molecule has 3 rings (SSSR count). The Morgan fingerprint density at radius 3 is 2.26 bits per heavy atom. The van der Waals surface area contributed by atoms with Crippen LogP contribution in [-0.4, -0.2) is 11.1 Å². The number of hydrogen-bond acceptors (Lipinski definition) is 2. The Hall–Kier alpha value is -3.07. The van der Waals surface area contributed by atoms with Crippen LogP contribution in [0.1, 0.15) is 15.9 Å². The highest BCUT2D eigenvalue weighted by Crippen LogP contribution is 2.23. The largest absolute Gasteiger partial charge is 0.489 e. The molecule has 3 heteroatoms. The van der Waals surface area contributed by atoms with E-state index in [-0.39, 0.29) is 5.56 Å². The Labute approximate surface area is 134 Å². The first-order valence-corrected chi connectivity index (χ1v) is 7.33. The fraction of sp³-hybridized carbons (Fsp3) is 0.0500. The van der Waals surface area contributed by atoms with Crippen molar-refractivity contribution < 1.29 is 14.6 Å². The second kappa shape index (κ2) is 6.79. The summed E-state index contributed by atoms with van der Waals surface area (Å²) in [6, 6.07) is 24.5. The van der Waals surface area contributed by atoms with Gasteiger partial charge >= 0.3 is 5.97 Å². The molecule has 0 bridgehead atoms. The molecule has 0 heterocycles. The lowest BCUT2D eigenvalue weighted by atomic mass is 10.0. The highest BCUT2D eigenvalue weighted by Gasteiger charge is 2.05. The second-order valence-corrected chi connectivity index (χ2v) is 5.18. The van der Waals surface area contributed by atoms with E-state index in [1.54, 1.807) is 18.2 Å². The summed E-state index contributed by atoms with van der Waals surface area (Å²) in [5.74, 6) is -0.137. The van der Waals surface area contributed by atoms with Gasteiger partial charge in [-0.05, 0) is 41.0 Å². The lowest BCUT2D eigenvalue weighted by molar-refractivity contribution is 0.0697. The molecule has 0 radical (unpaired) electrons. The van der Waals surface area contributed by atoms with E-state index in [4.69, 9.17) is 9.84 Å². The van der Waals surface area contributed by atoms with Crippen molar-refractivity contribution in [2.75, 3.05) is 0 Å². The van der Waals surface area contributed by atoms with Gasteiger partial charge in [-0.3, -0.25) is 0 Å². The minimum absolute atomic E-state index is 0.284. The summed E-state index contributed by atoms with van der Waals surface area (Å²) < 4.78 is 5.75. The average Bonchev–Trinajstić information content (AvgIpc) is 2.61. The molecule has 0 amide bonds. The zero-order valence-electron chi connectivity index (χ0n) is 12.5. The number of rotatable bonds is 5. The molecule has 23 heavy (non-hydrogen) atoms. The van der Waals surface area contributed by atoms with Crippen molar-refractivity contribution in [2.24, 2.45) is 0 Å². The zero-order chi connectivity index (χ0) is 16.1. The van der Waals surface area contributed by atoms with E-state index in [0.29, 0.717) is 6.61 Å². The van der Waals surface area contributed by atoms with Crippen LogP contribution in [-0.2, 0) is 6.61 Å². The van der Waals surface area contributed by atoms with Gasteiger partial charge in [-0.2, -0.15) is 0 Å². The van der Waals surface area contributed by atoms with Crippen LogP contribution in [0.5, 0.6) is 5.75 Å². The lowest BCUT2D eigenvalue weighted by Crippen LogP contribution is -1.96. The first-order chi connectivity index (χ1) is 11.2. The Bertz CT molecular complexity index is 793. The Morgan fingerprint density at radius 2 is 1.57 bits per heavy atom. The molecule has 0 aliphatic heterocycles. The van der Waals surface area contributed by atoms with Crippen molar-refractivity contribution >= 4 is 5.97 Å². The zero-order valence-corrected chi connectivity index (χ0v) is 12.5. The fourth-order valence-electron chi connectivity index (χ4n) is 2.32. The molecule has 0 fully saturated rings. The third-order valence-electron chi connectivity index (χ3n) is 3.55. The quantitative estimate of drug-likeness (QED) is 0.747. The third-order valence-corrected chi connectivity index (χ3v) is 3.55. The topological polar surface area (TPSA) is 46.5 Å². The number of carboxylic acids is 1. The highest BCUT2D eigenvalue weighted by atomic mass is 16.5. The molecule has 3 aromatic rings. The average molecular weight is 304 g/mol. The van der Waals surface area contributed by atoms with E-state index >= 15 is 0 Å². The maximum absolute atomic E-state index is 11.0. The summed E-state index contributed by atoms with van der Waals surface area (Å²) in [5, 5.41) is 9.06. The molecule has 0 aliphatic rings. The molecule has 114 valence electrons. The number of hydrogen-bond donors (Lipinski definition) is 1. The van der Waals surface area contributed by atoms with E-state index in [2.05, 4.69) is 0 Å². The normalized spacial score (nSPS) is 10.3. The fourth-order valence-corrected chi connectivity index (χ4v) is 2.32. The minimum atomic E-state index is -0.922. The molecule has 1 N–H and O–H groups in total. The molecule has 0 aliphatic carbocycles. The number of aromatic carboxylic acids is 1. The third kappa shape index (κ3) is 3.77. The molecule has 0 spiro atoms. The monoisotopic (exact) mass is 304 g/mol. The predicted octanol–water partition coefficient (Wildman–Crippen LogP) is 4.63. The molecule has 0 saturated heterocycles. The van der Waals surface area contributed by atoms with Gasteiger partial charge < -0.3 is 9.84 Å². The van der Waals surface area contributed by atoms with Crippen LogP contribution in [0.15, 0.2) is 78.9 Å². The summed E-state index contributed by atoms with van der Waals surface area (Å²) in [5.41, 5.74) is 3.23. The van der Waals surface area contributed by atoms with Gasteiger partial charge in [0.05, 0.1) is 5.56 Å². The van der Waals surface area contributed by atoms with Crippen LogP contribution >= 0.6 is 0 Å². The number of ether oxygens (including phenoxy) is 1. The Balaban J connectivity index is 1.72. The number of carboxylic acid groups (broad SMARTS) is 1. The summed E-state index contributed by atoms with van der Waals surface area (Å²) in [4.78, 5) is 11.0. The van der Waals surface area contributed by atoms with Gasteiger partial charge in [-0.15, -0.1) is 0 Å². The smallest absolute Gasteiger partial charge is 0.335 e. The maximum Gasteiger partial charge on any atom is 0.335 e. The highest BCUT2D eigenvalue weighted by molar-refractivity contribution is 5.89. The molecular formula is C20H16O3. The second-order valence-electron chi connectivity index (χ2n) is 5.18. The van der Waals surface area contributed by atoms with E-state index < -0.39 is 5.97 Å². The van der Waals surface area contributed by atoms with E-state index in [1.165, 1.54) is 0 Å². The minimum Gasteiger partial charge on any atom is -0.489 e. The van der Waals surface area contributed by atoms with Crippen LogP contribution in [0.25, 0.3) is 11.1 Å². The summed E-state index contributed by atoms with van der Waals surface area (Å²) in [6.07, 6.45) is 0. The molecule has 0 aromatic heterocycles. The van der Waals surface area contributed by atoms with Gasteiger partial charge in [0.2, 0.25) is 0 Å². The molecule has 3 nitrogen and oxygen atoms in total. The number of benzene rings is 3. The molecule has 0 atom stereocenters. The van der Waals surface area contributed by atoms with Gasteiger partial charge in [-0.1, -0.05) is 54.6 Å². The SMILES string of the molecule is O=C(O)c1cccc(-c2ccc(OCc3ccccc3)cc2)c1. The summed E-state index contributed by atoms with van der Waals surface area (Å²) in [6.45, 7) is 0.523. The van der Waals surface area contributed by atoms with E-state index in [1.807, 2.05) is 60.7 Å². The van der Waals surface area contributed by atoms with Crippen molar-refractivity contribution in [1.82, 2.24) is 0 Å². The van der Waals surface area contributed by atoms with Crippen molar-refractivity contribution in [3.8, 4) is 16.9 Å². The van der Waals surface area contributed by atoms with Gasteiger partial charge in [0.15, 0.2) is 0 Å². The van der Waals surface area contributed by atoms with Gasteiger partial charge in [0.1, 0.15) is 12.4 Å². The predicted molar refractivity (Wildman–Crippen MR) is 89.6 cm³/mol. The van der Waals surface area contributed by atoms with Crippen molar-refractivity contribution in [2.45, 2.75) is 6.61 Å². The van der Waals surface area contributed by atoms with Crippen molar-refractivity contribution in [3.05, 3.63) is 90.0 Å². The Kier molecular flexibility index (Phi) is 4.39. The first-order valence-electron chi connectivity index (χ1n) is 7.33. The summed E-state index contributed by atoms with van der Waals surface area (Å²) in [7, 11) is 0. The maximum atomic E-state index is 11.0. The van der Waals surface area contributed by atoms with Crippen LogP contribution in [0, 0.1) is 0 Å². The van der Waals surface area contributed by atoms with Crippen LogP contribution in [0.3, 0.4) is 0 Å². The first kappa shape index (κ1) is 14.9. The van der Waals surface area contributed by atoms with Gasteiger partial charge in [0, 0.05) is 0 Å². The molecule has 3 aromatic carbocycles. The van der Waals surface area contributed by atoms with Gasteiger partial charge in [0.25, 0.3) is 0 Å². The molecule has 0 unspecified atom stereocenters. The Morgan fingerprint density at radius 1 is 0.826 bits per heavy atom. The van der Waals surface area contributed by atoms with Crippen LogP contribution in [0.2, 0.25) is 0 Å². The summed E-state index contributed by atoms with van der Waals surface area (Å²) >= 11 is 0. The van der Waals surface area contributed by atoms with E-state index in [9.17, 15) is 4.79 Å². The van der Waals surface area contributed by atoms with Crippen molar-refractivity contribution in [1.29, 1.82) is 0 Å². The lowest BCUT2D eigenvalue weighted by Gasteiger charge is -2.08. The van der Waals surface area contributed by atoms with Crippen LogP contribution < -0.4 is 4.74 Å². The van der Waals surface area contributed by atoms with Gasteiger partial charge in [-0.25, -0.2) is 4.79 Å². The van der Waals surface area contributed by atoms with E-state index in [0.717, 1.165) is 22.4 Å². The van der Waals surface area contributed by atoms with Crippen molar-refractivity contribution in [3.63, 3.8) is 0 Å².